The minimum atomic E-state index is -0.461. The third kappa shape index (κ3) is 2.47. The minimum absolute atomic E-state index is 0.157. The fourth-order valence-electron chi connectivity index (χ4n) is 8.53. The third-order valence-corrected chi connectivity index (χ3v) is 10.0. The molecular weight excluding hydrogens is 509 g/mol. The first-order valence-corrected chi connectivity index (χ1v) is 14.7. The Morgan fingerprint density at radius 1 is 0.500 bits per heavy atom. The van der Waals surface area contributed by atoms with Gasteiger partial charge in [-0.3, -0.25) is 0 Å². The van der Waals surface area contributed by atoms with Gasteiger partial charge in [-0.15, -0.1) is 0 Å². The normalized spacial score (nSPS) is 15.5. The summed E-state index contributed by atoms with van der Waals surface area (Å²) in [5.74, 6) is 0. The van der Waals surface area contributed by atoms with Crippen LogP contribution in [0.1, 0.15) is 22.3 Å². The summed E-state index contributed by atoms with van der Waals surface area (Å²) in [5, 5.41) is 3.78. The van der Waals surface area contributed by atoms with Crippen LogP contribution in [0.2, 0.25) is 0 Å². The molecule has 42 heavy (non-hydrogen) atoms. The van der Waals surface area contributed by atoms with Crippen LogP contribution in [-0.2, 0) is 5.41 Å². The van der Waals surface area contributed by atoms with E-state index in [1.54, 1.807) is 0 Å². The number of fused-ring (bicyclic) bond motifs is 12. The molecule has 3 nitrogen and oxygen atoms in total. The Labute approximate surface area is 245 Å². The Morgan fingerprint density at radius 2 is 1.05 bits per heavy atom. The second-order valence-electron chi connectivity index (χ2n) is 11.8. The summed E-state index contributed by atoms with van der Waals surface area (Å²) >= 11 is 0. The SMILES string of the molecule is CN1c2ccccc2B2c3cccc4c3N(c3ccccc3C43c4ccccc4Nc4ccccc43)c3cccc1c32. The molecular formula is C38H26BN3. The van der Waals surface area contributed by atoms with E-state index in [1.165, 1.54) is 78.5 Å². The van der Waals surface area contributed by atoms with Crippen LogP contribution in [0.4, 0.5) is 39.8 Å². The Bertz CT molecular complexity index is 2090. The van der Waals surface area contributed by atoms with Crippen molar-refractivity contribution in [2.75, 3.05) is 22.2 Å². The smallest absolute Gasteiger partial charge is 0.252 e. The number of benzene rings is 6. The molecule has 0 aliphatic carbocycles. The van der Waals surface area contributed by atoms with Crippen molar-refractivity contribution in [2.45, 2.75) is 5.41 Å². The number of nitrogens with zero attached hydrogens (tertiary/aromatic N) is 2. The molecule has 0 saturated carbocycles. The molecule has 4 heterocycles. The highest BCUT2D eigenvalue weighted by Gasteiger charge is 2.53. The second-order valence-corrected chi connectivity index (χ2v) is 11.8. The average molecular weight is 535 g/mol. The summed E-state index contributed by atoms with van der Waals surface area (Å²) in [6.07, 6.45) is 0. The first kappa shape index (κ1) is 22.5. The molecule has 6 aromatic carbocycles. The molecule has 0 fully saturated rings. The standard InChI is InChI=1S/C38H26BN3/c1-41-33-21-9-5-16-28(33)39-29-17-10-15-27-37(29)42(35-23-11-22-34(41)36(35)39)32-20-8-4-14-26(32)38(27)24-12-2-6-18-30(24)40-31-19-7-3-13-25(31)38/h2-23,40H,1H3. The molecule has 0 bridgehead atoms. The molecule has 0 radical (unpaired) electrons. The van der Waals surface area contributed by atoms with Crippen molar-refractivity contribution in [1.82, 2.24) is 0 Å². The molecule has 4 aliphatic heterocycles. The van der Waals surface area contributed by atoms with Gasteiger partial charge >= 0.3 is 0 Å². The van der Waals surface area contributed by atoms with E-state index < -0.39 is 5.41 Å². The predicted octanol–water partition coefficient (Wildman–Crippen LogP) is 6.82. The van der Waals surface area contributed by atoms with Gasteiger partial charge < -0.3 is 15.1 Å². The fourth-order valence-corrected chi connectivity index (χ4v) is 8.53. The van der Waals surface area contributed by atoms with Gasteiger partial charge in [-0.2, -0.15) is 0 Å². The van der Waals surface area contributed by atoms with Crippen LogP contribution in [-0.4, -0.2) is 13.8 Å². The maximum absolute atomic E-state index is 3.78. The maximum Gasteiger partial charge on any atom is 0.252 e. The van der Waals surface area contributed by atoms with Crippen LogP contribution in [0.3, 0.4) is 0 Å². The zero-order valence-corrected chi connectivity index (χ0v) is 23.2. The Hall–Kier alpha value is -5.22. The van der Waals surface area contributed by atoms with Crippen molar-refractivity contribution in [3.05, 3.63) is 156 Å². The van der Waals surface area contributed by atoms with E-state index >= 15 is 0 Å². The van der Waals surface area contributed by atoms with E-state index in [0.717, 1.165) is 0 Å². The summed E-state index contributed by atoms with van der Waals surface area (Å²) in [6.45, 7) is 0.157. The number of para-hydroxylation sites is 5. The quantitative estimate of drug-likeness (QED) is 0.215. The van der Waals surface area contributed by atoms with Gasteiger partial charge in [0.05, 0.1) is 11.1 Å². The summed E-state index contributed by atoms with van der Waals surface area (Å²) < 4.78 is 0. The van der Waals surface area contributed by atoms with Gasteiger partial charge in [0.15, 0.2) is 0 Å². The summed E-state index contributed by atoms with van der Waals surface area (Å²) in [4.78, 5) is 4.94. The predicted molar refractivity (Wildman–Crippen MR) is 175 cm³/mol. The highest BCUT2D eigenvalue weighted by Crippen LogP contribution is 2.62. The highest BCUT2D eigenvalue weighted by molar-refractivity contribution is 7.00. The molecule has 1 N–H and O–H groups in total. The lowest BCUT2D eigenvalue weighted by Crippen LogP contribution is -2.62. The summed E-state index contributed by atoms with van der Waals surface area (Å²) in [7, 11) is 2.21. The number of hydrogen-bond donors (Lipinski definition) is 1. The van der Waals surface area contributed by atoms with Crippen molar-refractivity contribution in [1.29, 1.82) is 0 Å². The van der Waals surface area contributed by atoms with Crippen LogP contribution in [0.5, 0.6) is 0 Å². The van der Waals surface area contributed by atoms with Gasteiger partial charge in [0.2, 0.25) is 0 Å². The van der Waals surface area contributed by atoms with E-state index in [1.807, 2.05) is 0 Å². The third-order valence-electron chi connectivity index (χ3n) is 10.0. The molecule has 4 aliphatic rings. The highest BCUT2D eigenvalue weighted by atomic mass is 15.2. The number of rotatable bonds is 0. The molecule has 0 amide bonds. The molecule has 0 atom stereocenters. The number of hydrogen-bond acceptors (Lipinski definition) is 3. The first-order valence-electron chi connectivity index (χ1n) is 14.7. The summed E-state index contributed by atoms with van der Waals surface area (Å²) in [6, 6.07) is 49.7. The topological polar surface area (TPSA) is 18.5 Å². The monoisotopic (exact) mass is 535 g/mol. The lowest BCUT2D eigenvalue weighted by Gasteiger charge is -2.52. The van der Waals surface area contributed by atoms with Gasteiger partial charge in [-0.05, 0) is 75.0 Å². The van der Waals surface area contributed by atoms with Crippen molar-refractivity contribution in [3.8, 4) is 0 Å². The summed E-state index contributed by atoms with van der Waals surface area (Å²) in [5.41, 5.74) is 17.7. The van der Waals surface area contributed by atoms with Crippen molar-refractivity contribution >= 4 is 62.9 Å². The van der Waals surface area contributed by atoms with Crippen LogP contribution in [0, 0.1) is 0 Å². The molecule has 10 rings (SSSR count). The molecule has 0 saturated heterocycles. The van der Waals surface area contributed by atoms with E-state index in [4.69, 9.17) is 0 Å². The lowest BCUT2D eigenvalue weighted by molar-refractivity contribution is 0.728. The lowest BCUT2D eigenvalue weighted by atomic mass is 9.33. The van der Waals surface area contributed by atoms with Gasteiger partial charge in [-0.25, -0.2) is 0 Å². The van der Waals surface area contributed by atoms with Crippen LogP contribution in [0.15, 0.2) is 133 Å². The van der Waals surface area contributed by atoms with E-state index in [-0.39, 0.29) is 6.71 Å². The second kappa shape index (κ2) is 7.74. The zero-order chi connectivity index (χ0) is 27.6. The molecule has 0 aromatic heterocycles. The Kier molecular flexibility index (Phi) is 4.14. The van der Waals surface area contributed by atoms with Gasteiger partial charge in [0.25, 0.3) is 6.71 Å². The minimum Gasteiger partial charge on any atom is -0.355 e. The van der Waals surface area contributed by atoms with E-state index in [0.29, 0.717) is 0 Å². The van der Waals surface area contributed by atoms with E-state index in [9.17, 15) is 0 Å². The number of anilines is 7. The molecule has 196 valence electrons. The van der Waals surface area contributed by atoms with Crippen LogP contribution in [0.25, 0.3) is 0 Å². The molecule has 6 aromatic rings. The van der Waals surface area contributed by atoms with Gasteiger partial charge in [0, 0.05) is 41.2 Å². The molecule has 4 heteroatoms. The average Bonchev–Trinajstić information content (AvgIpc) is 3.05. The van der Waals surface area contributed by atoms with E-state index in [2.05, 4.69) is 156 Å². The van der Waals surface area contributed by atoms with Crippen molar-refractivity contribution in [3.63, 3.8) is 0 Å². The first-order chi connectivity index (χ1) is 20.8. The van der Waals surface area contributed by atoms with Gasteiger partial charge in [-0.1, -0.05) is 97.1 Å². The molecule has 1 spiro atoms. The number of nitrogens with one attached hydrogen (secondary N) is 1. The Balaban J connectivity index is 1.41. The van der Waals surface area contributed by atoms with Crippen molar-refractivity contribution in [2.24, 2.45) is 0 Å². The molecule has 0 unspecified atom stereocenters. The fraction of sp³-hybridized carbons (Fsp3) is 0.0526. The van der Waals surface area contributed by atoms with Gasteiger partial charge in [0.1, 0.15) is 0 Å². The largest absolute Gasteiger partial charge is 0.355 e. The zero-order valence-electron chi connectivity index (χ0n) is 23.2. The maximum atomic E-state index is 3.78. The van der Waals surface area contributed by atoms with Crippen molar-refractivity contribution < 1.29 is 0 Å². The Morgan fingerprint density at radius 3 is 1.83 bits per heavy atom. The van der Waals surface area contributed by atoms with Crippen LogP contribution < -0.4 is 31.5 Å². The van der Waals surface area contributed by atoms with Crippen LogP contribution >= 0.6 is 0 Å².